The zero-order chi connectivity index (χ0) is 22.1. The molecule has 0 saturated carbocycles. The molecular formula is C22H21ClF2N4O2. The molecule has 0 aliphatic carbocycles. The fourth-order valence-electron chi connectivity index (χ4n) is 3.83. The number of amides is 1. The van der Waals surface area contributed by atoms with Crippen LogP contribution in [0.4, 0.5) is 20.2 Å². The Kier molecular flexibility index (Phi) is 5.82. The van der Waals surface area contributed by atoms with Gasteiger partial charge in [0, 0.05) is 54.0 Å². The number of carbonyl (C=O) groups excluding carboxylic acids is 1. The van der Waals surface area contributed by atoms with E-state index in [2.05, 4.69) is 10.3 Å². The van der Waals surface area contributed by atoms with Crippen molar-refractivity contribution in [3.8, 4) is 0 Å². The van der Waals surface area contributed by atoms with Gasteiger partial charge in [0.2, 0.25) is 11.5 Å². The lowest BCUT2D eigenvalue weighted by Crippen LogP contribution is -2.54. The maximum atomic E-state index is 13.8. The van der Waals surface area contributed by atoms with Crippen molar-refractivity contribution >= 4 is 39.8 Å². The van der Waals surface area contributed by atoms with Crippen LogP contribution in [-0.4, -0.2) is 48.0 Å². The number of nitrogens with one attached hydrogen (secondary N) is 2. The quantitative estimate of drug-likeness (QED) is 0.601. The highest BCUT2D eigenvalue weighted by Gasteiger charge is 2.27. The maximum absolute atomic E-state index is 13.8. The number of H-pyrrole nitrogens is 1. The highest BCUT2D eigenvalue weighted by molar-refractivity contribution is 6.31. The Labute approximate surface area is 182 Å². The van der Waals surface area contributed by atoms with Crippen LogP contribution in [0.1, 0.15) is 6.92 Å². The number of fused-ring (bicyclic) bond motifs is 1. The summed E-state index contributed by atoms with van der Waals surface area (Å²) < 4.78 is 27.6. The minimum absolute atomic E-state index is 0.0680. The molecule has 3 aromatic rings. The molecule has 1 atom stereocenters. The van der Waals surface area contributed by atoms with Gasteiger partial charge in [0.1, 0.15) is 16.7 Å². The lowest BCUT2D eigenvalue weighted by Gasteiger charge is -2.41. The van der Waals surface area contributed by atoms with Gasteiger partial charge in [-0.05, 0) is 43.3 Å². The Morgan fingerprint density at radius 1 is 1.16 bits per heavy atom. The largest absolute Gasteiger partial charge is 0.376 e. The van der Waals surface area contributed by atoms with Crippen LogP contribution in [0.15, 0.2) is 47.3 Å². The molecule has 2 aromatic carbocycles. The smallest absolute Gasteiger partial charge is 0.248 e. The number of benzene rings is 2. The summed E-state index contributed by atoms with van der Waals surface area (Å²) >= 11 is 5.57. The lowest BCUT2D eigenvalue weighted by molar-refractivity contribution is -0.130. The van der Waals surface area contributed by atoms with Crippen LogP contribution < -0.4 is 15.8 Å². The molecule has 31 heavy (non-hydrogen) atoms. The Morgan fingerprint density at radius 2 is 1.90 bits per heavy atom. The molecule has 1 aliphatic heterocycles. The highest BCUT2D eigenvalue weighted by Crippen LogP contribution is 2.28. The van der Waals surface area contributed by atoms with E-state index in [9.17, 15) is 18.4 Å². The molecule has 0 radical (unpaired) electrons. The molecule has 2 heterocycles. The van der Waals surface area contributed by atoms with Gasteiger partial charge in [0.25, 0.3) is 0 Å². The minimum atomic E-state index is -0.800. The predicted molar refractivity (Wildman–Crippen MR) is 118 cm³/mol. The number of anilines is 2. The van der Waals surface area contributed by atoms with Crippen molar-refractivity contribution in [3.05, 3.63) is 69.5 Å². The zero-order valence-electron chi connectivity index (χ0n) is 16.8. The molecular weight excluding hydrogens is 426 g/mol. The zero-order valence-corrected chi connectivity index (χ0v) is 17.5. The molecule has 1 aliphatic rings. The molecule has 9 heteroatoms. The van der Waals surface area contributed by atoms with Crippen molar-refractivity contribution in [2.75, 3.05) is 36.4 Å². The first kappa shape index (κ1) is 21.1. The molecule has 4 rings (SSSR count). The summed E-state index contributed by atoms with van der Waals surface area (Å²) in [6.07, 6.45) is 0. The van der Waals surface area contributed by atoms with Crippen molar-refractivity contribution < 1.29 is 13.6 Å². The van der Waals surface area contributed by atoms with Gasteiger partial charge in [-0.1, -0.05) is 11.6 Å². The summed E-state index contributed by atoms with van der Waals surface area (Å²) in [5.41, 5.74) is 1.74. The number of aromatic nitrogens is 1. The SMILES string of the molecule is C[C@@H]1CN(C(=O)CNc2ccc3[nH]c(=O)ccc3c2)CCN1c1cc(F)c(Cl)c(F)c1. The third-order valence-corrected chi connectivity index (χ3v) is 5.81. The van der Waals surface area contributed by atoms with Crippen molar-refractivity contribution in [2.45, 2.75) is 13.0 Å². The van der Waals surface area contributed by atoms with Crippen LogP contribution in [0.2, 0.25) is 5.02 Å². The summed E-state index contributed by atoms with van der Waals surface area (Å²) in [7, 11) is 0. The third-order valence-electron chi connectivity index (χ3n) is 5.45. The normalized spacial score (nSPS) is 16.6. The van der Waals surface area contributed by atoms with E-state index in [0.29, 0.717) is 25.3 Å². The molecule has 1 aromatic heterocycles. The average molecular weight is 447 g/mol. The standard InChI is InChI=1S/C22H21ClF2N4O2/c1-13-12-28(6-7-29(13)16-9-17(24)22(23)18(25)10-16)21(31)11-26-15-3-4-19-14(8-15)2-5-20(30)27-19/h2-5,8-10,13,26H,6-7,11-12H2,1H3,(H,27,30)/t13-/m1/s1. The molecule has 2 N–H and O–H groups in total. The van der Waals surface area contributed by atoms with Gasteiger partial charge in [0.05, 0.1) is 6.54 Å². The molecule has 1 amide bonds. The van der Waals surface area contributed by atoms with Gasteiger partial charge in [-0.3, -0.25) is 9.59 Å². The minimum Gasteiger partial charge on any atom is -0.376 e. The fourth-order valence-corrected chi connectivity index (χ4v) is 3.94. The number of hydrogen-bond acceptors (Lipinski definition) is 4. The third kappa shape index (κ3) is 4.49. The van der Waals surface area contributed by atoms with Gasteiger partial charge in [-0.25, -0.2) is 8.78 Å². The van der Waals surface area contributed by atoms with Gasteiger partial charge >= 0.3 is 0 Å². The first-order valence-corrected chi connectivity index (χ1v) is 10.3. The molecule has 0 spiro atoms. The van der Waals surface area contributed by atoms with Crippen molar-refractivity contribution in [1.29, 1.82) is 0 Å². The molecule has 6 nitrogen and oxygen atoms in total. The van der Waals surface area contributed by atoms with Crippen molar-refractivity contribution in [1.82, 2.24) is 9.88 Å². The number of hydrogen-bond donors (Lipinski definition) is 2. The number of pyridine rings is 1. The Bertz CT molecular complexity index is 1180. The number of piperazine rings is 1. The Hall–Kier alpha value is -3.13. The number of aromatic amines is 1. The molecule has 0 unspecified atom stereocenters. The van der Waals surface area contributed by atoms with E-state index >= 15 is 0 Å². The molecule has 1 saturated heterocycles. The van der Waals surface area contributed by atoms with Gasteiger partial charge < -0.3 is 20.1 Å². The maximum Gasteiger partial charge on any atom is 0.248 e. The molecule has 162 valence electrons. The summed E-state index contributed by atoms with van der Waals surface area (Å²) in [6, 6.07) is 11.0. The summed E-state index contributed by atoms with van der Waals surface area (Å²) in [6.45, 7) is 3.35. The number of carbonyl (C=O) groups is 1. The van der Waals surface area contributed by atoms with E-state index in [4.69, 9.17) is 11.6 Å². The lowest BCUT2D eigenvalue weighted by atomic mass is 10.1. The molecule has 0 bridgehead atoms. The van der Waals surface area contributed by atoms with Crippen LogP contribution >= 0.6 is 11.6 Å². The van der Waals surface area contributed by atoms with Crippen LogP contribution in [0.25, 0.3) is 10.9 Å². The Morgan fingerprint density at radius 3 is 2.61 bits per heavy atom. The van der Waals surface area contributed by atoms with Crippen LogP contribution in [0.3, 0.4) is 0 Å². The second-order valence-electron chi connectivity index (χ2n) is 7.58. The summed E-state index contributed by atoms with van der Waals surface area (Å²) in [5, 5.41) is 3.46. The monoisotopic (exact) mass is 446 g/mol. The van der Waals surface area contributed by atoms with E-state index in [1.807, 2.05) is 17.9 Å². The number of rotatable bonds is 4. The fraction of sp³-hybridized carbons (Fsp3) is 0.273. The number of nitrogens with zero attached hydrogens (tertiary/aromatic N) is 2. The van der Waals surface area contributed by atoms with E-state index in [0.717, 1.165) is 16.6 Å². The van der Waals surface area contributed by atoms with Gasteiger partial charge in [-0.2, -0.15) is 0 Å². The second kappa shape index (κ2) is 8.55. The Balaban J connectivity index is 1.37. The highest BCUT2D eigenvalue weighted by atomic mass is 35.5. The van der Waals surface area contributed by atoms with E-state index < -0.39 is 16.7 Å². The van der Waals surface area contributed by atoms with E-state index in [1.165, 1.54) is 18.2 Å². The van der Waals surface area contributed by atoms with E-state index in [1.54, 1.807) is 23.1 Å². The first-order valence-electron chi connectivity index (χ1n) is 9.88. The first-order chi connectivity index (χ1) is 14.8. The van der Waals surface area contributed by atoms with Crippen LogP contribution in [0, 0.1) is 11.6 Å². The topological polar surface area (TPSA) is 68.4 Å². The second-order valence-corrected chi connectivity index (χ2v) is 7.96. The van der Waals surface area contributed by atoms with Crippen LogP contribution in [-0.2, 0) is 4.79 Å². The molecule has 1 fully saturated rings. The average Bonchev–Trinajstić information content (AvgIpc) is 2.75. The predicted octanol–water partition coefficient (Wildman–Crippen LogP) is 3.61. The van der Waals surface area contributed by atoms with E-state index in [-0.39, 0.29) is 24.1 Å². The van der Waals surface area contributed by atoms with Crippen molar-refractivity contribution in [2.24, 2.45) is 0 Å². The van der Waals surface area contributed by atoms with Gasteiger partial charge in [-0.15, -0.1) is 0 Å². The number of halogens is 3. The van der Waals surface area contributed by atoms with Crippen molar-refractivity contribution in [3.63, 3.8) is 0 Å². The summed E-state index contributed by atoms with van der Waals surface area (Å²) in [4.78, 5) is 30.4. The van der Waals surface area contributed by atoms with Crippen LogP contribution in [0.5, 0.6) is 0 Å². The summed E-state index contributed by atoms with van der Waals surface area (Å²) in [5.74, 6) is -1.67. The van der Waals surface area contributed by atoms with Gasteiger partial charge in [0.15, 0.2) is 0 Å².